The molecule has 1 fully saturated rings. The molecule has 144 valence electrons. The summed E-state index contributed by atoms with van der Waals surface area (Å²) >= 11 is 1.58. The van der Waals surface area contributed by atoms with Crippen LogP contribution in [-0.4, -0.2) is 31.8 Å². The number of nitrogens with one attached hydrogen (secondary N) is 1. The van der Waals surface area contributed by atoms with E-state index in [2.05, 4.69) is 11.3 Å². The summed E-state index contributed by atoms with van der Waals surface area (Å²) in [7, 11) is -3.63. The van der Waals surface area contributed by atoms with E-state index >= 15 is 0 Å². The molecule has 7 heteroatoms. The second kappa shape index (κ2) is 8.82. The van der Waals surface area contributed by atoms with Crippen LogP contribution in [0.1, 0.15) is 40.9 Å². The van der Waals surface area contributed by atoms with Gasteiger partial charge < -0.3 is 4.90 Å². The molecule has 1 saturated carbocycles. The minimum atomic E-state index is -3.63. The Kier molecular flexibility index (Phi) is 6.46. The molecule has 0 spiro atoms. The zero-order chi connectivity index (χ0) is 19.3. The summed E-state index contributed by atoms with van der Waals surface area (Å²) in [5.41, 5.74) is 0.364. The van der Waals surface area contributed by atoms with Gasteiger partial charge in [-0.2, -0.15) is 0 Å². The molecule has 0 unspecified atom stereocenters. The summed E-state index contributed by atoms with van der Waals surface area (Å²) in [5, 5.41) is 1.97. The molecule has 0 atom stereocenters. The minimum absolute atomic E-state index is 0.00884. The van der Waals surface area contributed by atoms with E-state index in [-0.39, 0.29) is 16.8 Å². The highest BCUT2D eigenvalue weighted by molar-refractivity contribution is 7.89. The monoisotopic (exact) mass is 404 g/mol. The fraction of sp³-hybridized carbons (Fsp3) is 0.350. The number of carbonyl (C=O) groups excluding carboxylic acids is 1. The summed E-state index contributed by atoms with van der Waals surface area (Å²) in [6, 6.07) is 10.2. The van der Waals surface area contributed by atoms with Crippen molar-refractivity contribution in [3.8, 4) is 0 Å². The van der Waals surface area contributed by atoms with Crippen LogP contribution in [0.3, 0.4) is 0 Å². The Morgan fingerprint density at radius 2 is 2.04 bits per heavy atom. The fourth-order valence-corrected chi connectivity index (χ4v) is 5.35. The summed E-state index contributed by atoms with van der Waals surface area (Å²) in [4.78, 5) is 15.8. The van der Waals surface area contributed by atoms with Crippen LogP contribution in [0.5, 0.6) is 0 Å². The van der Waals surface area contributed by atoms with Crippen molar-refractivity contribution < 1.29 is 13.2 Å². The SMILES string of the molecule is C=CCN(Cc1cccs1)C(=O)c1cccc(S(=O)(=O)NC2CCCC2)c1. The predicted molar refractivity (Wildman–Crippen MR) is 108 cm³/mol. The van der Waals surface area contributed by atoms with E-state index in [4.69, 9.17) is 0 Å². The van der Waals surface area contributed by atoms with E-state index < -0.39 is 10.0 Å². The van der Waals surface area contributed by atoms with Crippen LogP contribution in [0.4, 0.5) is 0 Å². The zero-order valence-electron chi connectivity index (χ0n) is 15.1. The molecule has 0 bridgehead atoms. The van der Waals surface area contributed by atoms with Crippen LogP contribution in [0.15, 0.2) is 59.3 Å². The largest absolute Gasteiger partial charge is 0.330 e. The van der Waals surface area contributed by atoms with Gasteiger partial charge in [-0.05, 0) is 42.5 Å². The van der Waals surface area contributed by atoms with Crippen molar-refractivity contribution in [1.29, 1.82) is 0 Å². The Labute approximate surface area is 164 Å². The van der Waals surface area contributed by atoms with Crippen LogP contribution in [0, 0.1) is 0 Å². The maximum atomic E-state index is 13.0. The number of sulfonamides is 1. The number of hydrogen-bond donors (Lipinski definition) is 1. The zero-order valence-corrected chi connectivity index (χ0v) is 16.8. The standard InChI is InChI=1S/C20H24N2O3S2/c1-2-12-22(15-18-10-6-13-26-18)20(23)16-7-5-11-19(14-16)27(24,25)21-17-8-3-4-9-17/h2,5-7,10-11,13-14,17,21H,1,3-4,8-9,12,15H2. The third-order valence-electron chi connectivity index (χ3n) is 4.63. The molecule has 27 heavy (non-hydrogen) atoms. The van der Waals surface area contributed by atoms with Crippen molar-refractivity contribution in [2.45, 2.75) is 43.2 Å². The maximum absolute atomic E-state index is 13.0. The molecule has 1 amide bonds. The average molecular weight is 405 g/mol. The Balaban J connectivity index is 1.80. The summed E-state index contributed by atoms with van der Waals surface area (Å²) < 4.78 is 28.1. The number of thiophene rings is 1. The van der Waals surface area contributed by atoms with Crippen molar-refractivity contribution in [3.05, 3.63) is 64.9 Å². The Hall–Kier alpha value is -1.96. The molecule has 1 heterocycles. The molecule has 1 aliphatic carbocycles. The van der Waals surface area contributed by atoms with E-state index in [1.807, 2.05) is 17.5 Å². The van der Waals surface area contributed by atoms with Crippen LogP contribution in [0.2, 0.25) is 0 Å². The molecule has 1 aromatic heterocycles. The van der Waals surface area contributed by atoms with Gasteiger partial charge in [-0.1, -0.05) is 31.1 Å². The number of benzene rings is 1. The molecular weight excluding hydrogens is 380 g/mol. The van der Waals surface area contributed by atoms with Crippen molar-refractivity contribution >= 4 is 27.3 Å². The van der Waals surface area contributed by atoms with E-state index in [1.165, 1.54) is 12.1 Å². The number of nitrogens with zero attached hydrogens (tertiary/aromatic N) is 1. The van der Waals surface area contributed by atoms with Crippen molar-refractivity contribution in [2.75, 3.05) is 6.54 Å². The van der Waals surface area contributed by atoms with Crippen molar-refractivity contribution in [1.82, 2.24) is 9.62 Å². The Morgan fingerprint density at radius 3 is 2.70 bits per heavy atom. The Morgan fingerprint density at radius 1 is 1.26 bits per heavy atom. The predicted octanol–water partition coefficient (Wildman–Crippen LogP) is 3.80. The lowest BCUT2D eigenvalue weighted by Crippen LogP contribution is -2.33. The molecule has 2 aromatic rings. The fourth-order valence-electron chi connectivity index (χ4n) is 3.28. The van der Waals surface area contributed by atoms with Gasteiger partial charge in [0.05, 0.1) is 11.4 Å². The summed E-state index contributed by atoms with van der Waals surface area (Å²) in [6.45, 7) is 4.59. The van der Waals surface area contributed by atoms with Crippen LogP contribution in [-0.2, 0) is 16.6 Å². The van der Waals surface area contributed by atoms with E-state index in [0.717, 1.165) is 30.6 Å². The molecule has 5 nitrogen and oxygen atoms in total. The number of carbonyl (C=O) groups is 1. The van der Waals surface area contributed by atoms with Crippen molar-refractivity contribution in [3.63, 3.8) is 0 Å². The van der Waals surface area contributed by atoms with Gasteiger partial charge in [0.1, 0.15) is 0 Å². The average Bonchev–Trinajstić information content (AvgIpc) is 3.35. The first-order valence-electron chi connectivity index (χ1n) is 9.04. The first-order chi connectivity index (χ1) is 13.0. The molecular formula is C20H24N2O3S2. The first-order valence-corrected chi connectivity index (χ1v) is 11.4. The number of hydrogen-bond acceptors (Lipinski definition) is 4. The molecule has 1 N–H and O–H groups in total. The van der Waals surface area contributed by atoms with Gasteiger partial charge in [-0.25, -0.2) is 13.1 Å². The maximum Gasteiger partial charge on any atom is 0.254 e. The minimum Gasteiger partial charge on any atom is -0.330 e. The highest BCUT2D eigenvalue weighted by atomic mass is 32.2. The van der Waals surface area contributed by atoms with Crippen LogP contribution in [0.25, 0.3) is 0 Å². The van der Waals surface area contributed by atoms with Gasteiger partial charge in [0.25, 0.3) is 5.91 Å². The number of amides is 1. The molecule has 3 rings (SSSR count). The van der Waals surface area contributed by atoms with Gasteiger partial charge in [0, 0.05) is 23.0 Å². The smallest absolute Gasteiger partial charge is 0.254 e. The first kappa shape index (κ1) is 19.8. The van der Waals surface area contributed by atoms with E-state index in [0.29, 0.717) is 18.7 Å². The lowest BCUT2D eigenvalue weighted by atomic mass is 10.2. The molecule has 0 aliphatic heterocycles. The second-order valence-corrected chi connectivity index (χ2v) is 9.43. The van der Waals surface area contributed by atoms with Gasteiger partial charge in [-0.15, -0.1) is 17.9 Å². The molecule has 1 aliphatic rings. The summed E-state index contributed by atoms with van der Waals surface area (Å²) in [5.74, 6) is -0.207. The van der Waals surface area contributed by atoms with Crippen LogP contribution >= 0.6 is 11.3 Å². The lowest BCUT2D eigenvalue weighted by Gasteiger charge is -2.21. The van der Waals surface area contributed by atoms with Gasteiger partial charge in [-0.3, -0.25) is 4.79 Å². The van der Waals surface area contributed by atoms with Gasteiger partial charge >= 0.3 is 0 Å². The van der Waals surface area contributed by atoms with Gasteiger partial charge in [0.15, 0.2) is 0 Å². The quantitative estimate of drug-likeness (QED) is 0.681. The highest BCUT2D eigenvalue weighted by Crippen LogP contribution is 2.21. The summed E-state index contributed by atoms with van der Waals surface area (Å²) in [6.07, 6.45) is 5.50. The number of rotatable bonds is 8. The molecule has 0 saturated heterocycles. The lowest BCUT2D eigenvalue weighted by molar-refractivity contribution is 0.0764. The normalized spacial score (nSPS) is 15.0. The third kappa shape index (κ3) is 5.06. The van der Waals surface area contributed by atoms with Gasteiger partial charge in [0.2, 0.25) is 10.0 Å². The highest BCUT2D eigenvalue weighted by Gasteiger charge is 2.24. The van der Waals surface area contributed by atoms with E-state index in [9.17, 15) is 13.2 Å². The van der Waals surface area contributed by atoms with E-state index in [1.54, 1.807) is 34.4 Å². The Bertz CT molecular complexity index is 886. The molecule has 0 radical (unpaired) electrons. The molecule has 1 aromatic carbocycles. The third-order valence-corrected chi connectivity index (χ3v) is 7.01. The topological polar surface area (TPSA) is 66.5 Å². The second-order valence-electron chi connectivity index (χ2n) is 6.68. The van der Waals surface area contributed by atoms with Crippen LogP contribution < -0.4 is 4.72 Å². The van der Waals surface area contributed by atoms with Crippen molar-refractivity contribution in [2.24, 2.45) is 0 Å².